The number of carboxylic acids is 1. The molecule has 88 valence electrons. The lowest BCUT2D eigenvalue weighted by atomic mass is 10.3. The summed E-state index contributed by atoms with van der Waals surface area (Å²) >= 11 is 1.34. The SMILES string of the molecule is Cc1sc(NCc2ccncc2)nc1C(=O)O. The predicted molar refractivity (Wildman–Crippen MR) is 65.4 cm³/mol. The average molecular weight is 249 g/mol. The minimum absolute atomic E-state index is 0.118. The van der Waals surface area contributed by atoms with Gasteiger partial charge in [-0.05, 0) is 24.6 Å². The van der Waals surface area contributed by atoms with E-state index in [1.54, 1.807) is 19.3 Å². The number of nitrogens with zero attached hydrogens (tertiary/aromatic N) is 2. The summed E-state index contributed by atoms with van der Waals surface area (Å²) in [6.07, 6.45) is 3.43. The highest BCUT2D eigenvalue weighted by molar-refractivity contribution is 7.15. The Labute approximate surface area is 102 Å². The number of aryl methyl sites for hydroxylation is 1. The van der Waals surface area contributed by atoms with Crippen LogP contribution in [0.4, 0.5) is 5.13 Å². The topological polar surface area (TPSA) is 75.1 Å². The fourth-order valence-electron chi connectivity index (χ4n) is 1.35. The monoisotopic (exact) mass is 249 g/mol. The zero-order valence-electron chi connectivity index (χ0n) is 9.17. The molecule has 6 heteroatoms. The summed E-state index contributed by atoms with van der Waals surface area (Å²) in [5.74, 6) is -0.990. The molecule has 0 radical (unpaired) electrons. The molecule has 0 amide bonds. The molecular weight excluding hydrogens is 238 g/mol. The molecule has 0 bridgehead atoms. The molecule has 0 aliphatic rings. The summed E-state index contributed by atoms with van der Waals surface area (Å²) in [5, 5.41) is 12.6. The molecule has 2 rings (SSSR count). The standard InChI is InChI=1S/C11H11N3O2S/c1-7-9(10(15)16)14-11(17-7)13-6-8-2-4-12-5-3-8/h2-5H,6H2,1H3,(H,13,14)(H,15,16). The fourth-order valence-corrected chi connectivity index (χ4v) is 2.15. The number of carbonyl (C=O) groups is 1. The molecule has 0 saturated carbocycles. The van der Waals surface area contributed by atoms with E-state index in [-0.39, 0.29) is 5.69 Å². The highest BCUT2D eigenvalue weighted by Gasteiger charge is 2.13. The van der Waals surface area contributed by atoms with Crippen LogP contribution in [-0.2, 0) is 6.54 Å². The second-order valence-electron chi connectivity index (χ2n) is 3.44. The van der Waals surface area contributed by atoms with Gasteiger partial charge in [-0.2, -0.15) is 0 Å². The lowest BCUT2D eigenvalue weighted by molar-refractivity contribution is 0.0690. The zero-order chi connectivity index (χ0) is 12.3. The van der Waals surface area contributed by atoms with Crippen molar-refractivity contribution in [3.63, 3.8) is 0 Å². The third-order valence-corrected chi connectivity index (χ3v) is 3.12. The normalized spacial score (nSPS) is 10.2. The van der Waals surface area contributed by atoms with E-state index in [9.17, 15) is 4.79 Å². The number of hydrogen-bond acceptors (Lipinski definition) is 5. The summed E-state index contributed by atoms with van der Waals surface area (Å²) in [5.41, 5.74) is 1.19. The summed E-state index contributed by atoms with van der Waals surface area (Å²) < 4.78 is 0. The average Bonchev–Trinajstić information content (AvgIpc) is 2.69. The minimum Gasteiger partial charge on any atom is -0.476 e. The van der Waals surface area contributed by atoms with Crippen LogP contribution < -0.4 is 5.32 Å². The fraction of sp³-hybridized carbons (Fsp3) is 0.182. The molecule has 2 heterocycles. The van der Waals surface area contributed by atoms with Crippen molar-refractivity contribution >= 4 is 22.4 Å². The lowest BCUT2D eigenvalue weighted by Crippen LogP contribution is -2.01. The van der Waals surface area contributed by atoms with Crippen LogP contribution in [0, 0.1) is 6.92 Å². The zero-order valence-corrected chi connectivity index (χ0v) is 9.99. The van der Waals surface area contributed by atoms with Crippen LogP contribution in [0.1, 0.15) is 20.9 Å². The Kier molecular flexibility index (Phi) is 3.34. The smallest absolute Gasteiger partial charge is 0.355 e. The maximum atomic E-state index is 10.8. The first-order valence-electron chi connectivity index (χ1n) is 5.00. The molecule has 0 aliphatic heterocycles. The first kappa shape index (κ1) is 11.5. The van der Waals surface area contributed by atoms with Gasteiger partial charge in [0.05, 0.1) is 0 Å². The number of nitrogens with one attached hydrogen (secondary N) is 1. The van der Waals surface area contributed by atoms with Crippen LogP contribution in [0.15, 0.2) is 24.5 Å². The van der Waals surface area contributed by atoms with Gasteiger partial charge < -0.3 is 10.4 Å². The van der Waals surface area contributed by atoms with Gasteiger partial charge in [0.15, 0.2) is 10.8 Å². The predicted octanol–water partition coefficient (Wildman–Crippen LogP) is 2.16. The number of pyridine rings is 1. The van der Waals surface area contributed by atoms with E-state index in [4.69, 9.17) is 5.11 Å². The molecular formula is C11H11N3O2S. The van der Waals surface area contributed by atoms with Gasteiger partial charge in [-0.15, -0.1) is 11.3 Å². The van der Waals surface area contributed by atoms with E-state index in [1.807, 2.05) is 12.1 Å². The Morgan fingerprint density at radius 2 is 2.18 bits per heavy atom. The second kappa shape index (κ2) is 4.92. The van der Waals surface area contributed by atoms with Crippen molar-refractivity contribution in [1.29, 1.82) is 0 Å². The Hall–Kier alpha value is -1.95. The first-order chi connectivity index (χ1) is 8.16. The third kappa shape index (κ3) is 2.79. The van der Waals surface area contributed by atoms with Crippen molar-refractivity contribution in [3.8, 4) is 0 Å². The van der Waals surface area contributed by atoms with Crippen LogP contribution in [0.2, 0.25) is 0 Å². The van der Waals surface area contributed by atoms with E-state index < -0.39 is 5.97 Å². The molecule has 0 aromatic carbocycles. The molecule has 5 nitrogen and oxygen atoms in total. The van der Waals surface area contributed by atoms with Gasteiger partial charge in [0.25, 0.3) is 0 Å². The molecule has 2 aromatic heterocycles. The van der Waals surface area contributed by atoms with Gasteiger partial charge in [-0.3, -0.25) is 4.98 Å². The van der Waals surface area contributed by atoms with Gasteiger partial charge >= 0.3 is 5.97 Å². The molecule has 17 heavy (non-hydrogen) atoms. The number of hydrogen-bond donors (Lipinski definition) is 2. The van der Waals surface area contributed by atoms with Gasteiger partial charge in [0.1, 0.15) is 0 Å². The molecule has 0 saturated heterocycles. The quantitative estimate of drug-likeness (QED) is 0.868. The van der Waals surface area contributed by atoms with Crippen LogP contribution in [0.25, 0.3) is 0 Å². The number of aromatic nitrogens is 2. The summed E-state index contributed by atoms with van der Waals surface area (Å²) in [4.78, 5) is 19.5. The Balaban J connectivity index is 2.05. The number of rotatable bonds is 4. The molecule has 0 fully saturated rings. The molecule has 0 spiro atoms. The molecule has 0 unspecified atom stereocenters. The Morgan fingerprint density at radius 1 is 1.47 bits per heavy atom. The summed E-state index contributed by atoms with van der Waals surface area (Å²) in [7, 11) is 0. The molecule has 2 N–H and O–H groups in total. The lowest BCUT2D eigenvalue weighted by Gasteiger charge is -2.01. The number of anilines is 1. The van der Waals surface area contributed by atoms with Crippen molar-refractivity contribution in [1.82, 2.24) is 9.97 Å². The highest BCUT2D eigenvalue weighted by atomic mass is 32.1. The van der Waals surface area contributed by atoms with Crippen molar-refractivity contribution in [3.05, 3.63) is 40.7 Å². The largest absolute Gasteiger partial charge is 0.476 e. The van der Waals surface area contributed by atoms with Gasteiger partial charge in [-0.25, -0.2) is 9.78 Å². The minimum atomic E-state index is -0.990. The number of carboxylic acid groups (broad SMARTS) is 1. The van der Waals surface area contributed by atoms with Crippen molar-refractivity contribution in [2.45, 2.75) is 13.5 Å². The number of thiazole rings is 1. The van der Waals surface area contributed by atoms with Crippen LogP contribution in [0.3, 0.4) is 0 Å². The molecule has 0 aliphatic carbocycles. The highest BCUT2D eigenvalue weighted by Crippen LogP contribution is 2.22. The maximum Gasteiger partial charge on any atom is 0.355 e. The van der Waals surface area contributed by atoms with Crippen molar-refractivity contribution in [2.75, 3.05) is 5.32 Å². The van der Waals surface area contributed by atoms with Gasteiger partial charge in [-0.1, -0.05) is 0 Å². The molecule has 0 atom stereocenters. The third-order valence-electron chi connectivity index (χ3n) is 2.19. The van der Waals surface area contributed by atoms with Gasteiger partial charge in [0.2, 0.25) is 0 Å². The maximum absolute atomic E-state index is 10.8. The second-order valence-corrected chi connectivity index (χ2v) is 4.64. The number of aromatic carboxylic acids is 1. The van der Waals surface area contributed by atoms with Gasteiger partial charge in [0, 0.05) is 23.8 Å². The Bertz CT molecular complexity index is 525. The van der Waals surface area contributed by atoms with E-state index in [1.165, 1.54) is 11.3 Å². The summed E-state index contributed by atoms with van der Waals surface area (Å²) in [6.45, 7) is 2.35. The van der Waals surface area contributed by atoms with Crippen molar-refractivity contribution < 1.29 is 9.90 Å². The van der Waals surface area contributed by atoms with Crippen molar-refractivity contribution in [2.24, 2.45) is 0 Å². The van der Waals surface area contributed by atoms with E-state index in [0.717, 1.165) is 5.56 Å². The van der Waals surface area contributed by atoms with Crippen LogP contribution >= 0.6 is 11.3 Å². The summed E-state index contributed by atoms with van der Waals surface area (Å²) in [6, 6.07) is 3.79. The van der Waals surface area contributed by atoms with E-state index in [2.05, 4.69) is 15.3 Å². The van der Waals surface area contributed by atoms with E-state index in [0.29, 0.717) is 16.6 Å². The van der Waals surface area contributed by atoms with Crippen LogP contribution in [-0.4, -0.2) is 21.0 Å². The first-order valence-corrected chi connectivity index (χ1v) is 5.82. The van der Waals surface area contributed by atoms with Crippen LogP contribution in [0.5, 0.6) is 0 Å². The molecule has 2 aromatic rings. The Morgan fingerprint density at radius 3 is 2.76 bits per heavy atom. The van der Waals surface area contributed by atoms with E-state index >= 15 is 0 Å².